The molecule has 0 saturated heterocycles. The van der Waals surface area contributed by atoms with E-state index in [-0.39, 0.29) is 5.56 Å². The number of ether oxygens (including phenoxy) is 1. The molecular formula is C14H9Cl2F3O. The van der Waals surface area contributed by atoms with Crippen molar-refractivity contribution >= 4 is 23.2 Å². The molecule has 1 atom stereocenters. The molecule has 0 aliphatic carbocycles. The number of benzene rings is 2. The number of hydrogen-bond acceptors (Lipinski definition) is 1. The van der Waals surface area contributed by atoms with Crippen LogP contribution in [0.15, 0.2) is 30.3 Å². The summed E-state index contributed by atoms with van der Waals surface area (Å²) in [6.07, 6.45) is 0. The zero-order valence-electron chi connectivity index (χ0n) is 10.3. The van der Waals surface area contributed by atoms with E-state index in [4.69, 9.17) is 27.9 Å². The van der Waals surface area contributed by atoms with Crippen molar-refractivity contribution in [2.24, 2.45) is 0 Å². The van der Waals surface area contributed by atoms with E-state index in [0.29, 0.717) is 16.3 Å². The van der Waals surface area contributed by atoms with Crippen molar-refractivity contribution in [2.75, 3.05) is 7.11 Å². The van der Waals surface area contributed by atoms with Crippen LogP contribution in [0, 0.1) is 17.5 Å². The largest absolute Gasteiger partial charge is 0.496 e. The van der Waals surface area contributed by atoms with E-state index in [0.717, 1.165) is 12.1 Å². The number of alkyl halides is 1. The van der Waals surface area contributed by atoms with Crippen LogP contribution in [0.2, 0.25) is 5.02 Å². The summed E-state index contributed by atoms with van der Waals surface area (Å²) in [5.74, 6) is -3.78. The van der Waals surface area contributed by atoms with Gasteiger partial charge in [-0.15, -0.1) is 11.6 Å². The lowest BCUT2D eigenvalue weighted by Gasteiger charge is -2.15. The van der Waals surface area contributed by atoms with E-state index < -0.39 is 22.8 Å². The Bertz CT molecular complexity index is 647. The van der Waals surface area contributed by atoms with Crippen LogP contribution in [-0.4, -0.2) is 7.11 Å². The quantitative estimate of drug-likeness (QED) is 0.565. The first-order chi connectivity index (χ1) is 9.45. The first-order valence-corrected chi connectivity index (χ1v) is 6.38. The van der Waals surface area contributed by atoms with Gasteiger partial charge in [-0.2, -0.15) is 0 Å². The van der Waals surface area contributed by atoms with E-state index in [1.54, 1.807) is 12.1 Å². The highest BCUT2D eigenvalue weighted by Crippen LogP contribution is 2.38. The molecule has 0 spiro atoms. The summed E-state index contributed by atoms with van der Waals surface area (Å²) in [6.45, 7) is 0. The standard InChI is InChI=1S/C14H9Cl2F3O/c1-20-11-5-2-7(15)6-9(11)12(16)8-3-4-10(17)14(19)13(8)18/h2-6,12H,1H3. The van der Waals surface area contributed by atoms with Crippen molar-refractivity contribution in [1.82, 2.24) is 0 Å². The second-order valence-electron chi connectivity index (χ2n) is 4.01. The lowest BCUT2D eigenvalue weighted by molar-refractivity contribution is 0.409. The molecule has 0 saturated carbocycles. The average molecular weight is 321 g/mol. The smallest absolute Gasteiger partial charge is 0.194 e. The molecule has 0 bridgehead atoms. The first-order valence-electron chi connectivity index (χ1n) is 5.56. The van der Waals surface area contributed by atoms with Crippen LogP contribution in [0.25, 0.3) is 0 Å². The van der Waals surface area contributed by atoms with Crippen LogP contribution < -0.4 is 4.74 Å². The third-order valence-electron chi connectivity index (χ3n) is 2.80. The third-order valence-corrected chi connectivity index (χ3v) is 3.51. The van der Waals surface area contributed by atoms with Crippen molar-refractivity contribution in [3.8, 4) is 5.75 Å². The van der Waals surface area contributed by atoms with Crippen LogP contribution in [0.1, 0.15) is 16.5 Å². The van der Waals surface area contributed by atoms with Gasteiger partial charge in [0.05, 0.1) is 12.5 Å². The van der Waals surface area contributed by atoms with E-state index in [1.165, 1.54) is 13.2 Å². The Hall–Kier alpha value is -1.39. The molecule has 1 unspecified atom stereocenters. The molecule has 0 aliphatic rings. The Morgan fingerprint density at radius 2 is 1.70 bits per heavy atom. The maximum atomic E-state index is 13.8. The summed E-state index contributed by atoms with van der Waals surface area (Å²) in [4.78, 5) is 0. The van der Waals surface area contributed by atoms with E-state index in [1.807, 2.05) is 0 Å². The van der Waals surface area contributed by atoms with Crippen LogP contribution in [0.5, 0.6) is 5.75 Å². The number of methoxy groups -OCH3 is 1. The molecule has 0 radical (unpaired) electrons. The molecule has 2 rings (SSSR count). The Labute approximate surface area is 123 Å². The summed E-state index contributed by atoms with van der Waals surface area (Å²) in [6, 6.07) is 6.53. The highest BCUT2D eigenvalue weighted by atomic mass is 35.5. The van der Waals surface area contributed by atoms with Gasteiger partial charge in [0.25, 0.3) is 0 Å². The van der Waals surface area contributed by atoms with Crippen molar-refractivity contribution in [3.05, 3.63) is 63.9 Å². The van der Waals surface area contributed by atoms with Crippen LogP contribution in [-0.2, 0) is 0 Å². The summed E-state index contributed by atoms with van der Waals surface area (Å²) < 4.78 is 45.1. The predicted molar refractivity (Wildman–Crippen MR) is 72.0 cm³/mol. The van der Waals surface area contributed by atoms with E-state index in [9.17, 15) is 13.2 Å². The predicted octanol–water partition coefficient (Wildman–Crippen LogP) is 5.09. The molecule has 0 fully saturated rings. The zero-order chi connectivity index (χ0) is 14.9. The van der Waals surface area contributed by atoms with Gasteiger partial charge >= 0.3 is 0 Å². The van der Waals surface area contributed by atoms with Crippen molar-refractivity contribution in [2.45, 2.75) is 5.38 Å². The van der Waals surface area contributed by atoms with Gasteiger partial charge < -0.3 is 4.74 Å². The molecule has 106 valence electrons. The van der Waals surface area contributed by atoms with Crippen molar-refractivity contribution in [1.29, 1.82) is 0 Å². The molecule has 0 amide bonds. The highest BCUT2D eigenvalue weighted by Gasteiger charge is 2.23. The van der Waals surface area contributed by atoms with Gasteiger partial charge in [0, 0.05) is 16.1 Å². The SMILES string of the molecule is COc1ccc(Cl)cc1C(Cl)c1ccc(F)c(F)c1F. The fourth-order valence-electron chi connectivity index (χ4n) is 1.81. The van der Waals surface area contributed by atoms with E-state index >= 15 is 0 Å². The molecule has 20 heavy (non-hydrogen) atoms. The minimum atomic E-state index is -1.56. The molecule has 0 aromatic heterocycles. The Morgan fingerprint density at radius 1 is 1.00 bits per heavy atom. The summed E-state index contributed by atoms with van der Waals surface area (Å²) in [7, 11) is 1.41. The average Bonchev–Trinajstić information content (AvgIpc) is 2.44. The monoisotopic (exact) mass is 320 g/mol. The normalized spacial score (nSPS) is 12.3. The number of halogens is 5. The molecule has 0 heterocycles. The highest BCUT2D eigenvalue weighted by molar-refractivity contribution is 6.31. The summed E-state index contributed by atoms with van der Waals surface area (Å²) >= 11 is 12.0. The van der Waals surface area contributed by atoms with Gasteiger partial charge in [-0.25, -0.2) is 13.2 Å². The molecule has 1 nitrogen and oxygen atoms in total. The lowest BCUT2D eigenvalue weighted by Crippen LogP contribution is -2.03. The van der Waals surface area contributed by atoms with Gasteiger partial charge in [-0.3, -0.25) is 0 Å². The molecule has 2 aromatic carbocycles. The van der Waals surface area contributed by atoms with Gasteiger partial charge in [0.15, 0.2) is 17.5 Å². The first kappa shape index (κ1) is 15.0. The minimum absolute atomic E-state index is 0.189. The maximum Gasteiger partial charge on any atom is 0.194 e. The fourth-order valence-corrected chi connectivity index (χ4v) is 2.33. The third kappa shape index (κ3) is 2.72. The van der Waals surface area contributed by atoms with Crippen LogP contribution in [0.4, 0.5) is 13.2 Å². The Balaban J connectivity index is 2.54. The van der Waals surface area contributed by atoms with Gasteiger partial charge in [0.2, 0.25) is 0 Å². The lowest BCUT2D eigenvalue weighted by atomic mass is 10.0. The molecule has 6 heteroatoms. The van der Waals surface area contributed by atoms with Crippen LogP contribution in [0.3, 0.4) is 0 Å². The minimum Gasteiger partial charge on any atom is -0.496 e. The molecule has 0 aliphatic heterocycles. The Morgan fingerprint density at radius 3 is 2.35 bits per heavy atom. The second kappa shape index (κ2) is 5.94. The Kier molecular flexibility index (Phi) is 4.45. The zero-order valence-corrected chi connectivity index (χ0v) is 11.8. The molecular weight excluding hydrogens is 312 g/mol. The topological polar surface area (TPSA) is 9.23 Å². The van der Waals surface area contributed by atoms with E-state index in [2.05, 4.69) is 0 Å². The van der Waals surface area contributed by atoms with Crippen molar-refractivity contribution in [3.63, 3.8) is 0 Å². The van der Waals surface area contributed by atoms with Gasteiger partial charge in [-0.05, 0) is 24.3 Å². The number of rotatable bonds is 3. The van der Waals surface area contributed by atoms with Crippen molar-refractivity contribution < 1.29 is 17.9 Å². The summed E-state index contributed by atoms with van der Waals surface area (Å²) in [5, 5.41) is -0.687. The molecule has 2 aromatic rings. The summed E-state index contributed by atoms with van der Waals surface area (Å²) in [5.41, 5.74) is 0.178. The second-order valence-corrected chi connectivity index (χ2v) is 4.89. The van der Waals surface area contributed by atoms with Gasteiger partial charge in [-0.1, -0.05) is 17.7 Å². The number of hydrogen-bond donors (Lipinski definition) is 0. The molecule has 0 N–H and O–H groups in total. The fraction of sp³-hybridized carbons (Fsp3) is 0.143. The van der Waals surface area contributed by atoms with Crippen LogP contribution >= 0.6 is 23.2 Å². The van der Waals surface area contributed by atoms with Gasteiger partial charge in [0.1, 0.15) is 5.75 Å². The maximum absolute atomic E-state index is 13.8.